The average Bonchev–Trinajstić information content (AvgIpc) is 3.10. The fraction of sp³-hybridized carbons (Fsp3) is 0.118. The Morgan fingerprint density at radius 1 is 0.929 bits per heavy atom. The molecule has 1 aromatic heterocycles. The standard InChI is InChI=1S/C17H10F6N4O/c18-16(19,20)10-4-5-11(12(7-10)17(21,22)23)8-2-1-3-9(6-8)14-25-15(13(24)28)27-26-14/h1-7H,(H2,24,28)(H,25,26,27). The lowest BCUT2D eigenvalue weighted by Crippen LogP contribution is -2.12. The van der Waals surface area contributed by atoms with Crippen LogP contribution >= 0.6 is 0 Å². The molecule has 5 nitrogen and oxygen atoms in total. The van der Waals surface area contributed by atoms with Crippen molar-refractivity contribution in [2.24, 2.45) is 5.73 Å². The third kappa shape index (κ3) is 3.82. The van der Waals surface area contributed by atoms with Crippen molar-refractivity contribution < 1.29 is 31.1 Å². The van der Waals surface area contributed by atoms with Gasteiger partial charge in [-0.15, -0.1) is 0 Å². The summed E-state index contributed by atoms with van der Waals surface area (Å²) in [6.07, 6.45) is -9.92. The van der Waals surface area contributed by atoms with Crippen molar-refractivity contribution in [3.05, 3.63) is 59.4 Å². The molecule has 1 heterocycles. The monoisotopic (exact) mass is 400 g/mol. The number of carbonyl (C=O) groups is 1. The van der Waals surface area contributed by atoms with Gasteiger partial charge in [0.05, 0.1) is 11.1 Å². The summed E-state index contributed by atoms with van der Waals surface area (Å²) in [6.45, 7) is 0. The molecule has 1 amide bonds. The van der Waals surface area contributed by atoms with Crippen molar-refractivity contribution in [1.82, 2.24) is 15.2 Å². The zero-order chi connectivity index (χ0) is 20.7. The maximum absolute atomic E-state index is 13.4. The highest BCUT2D eigenvalue weighted by Crippen LogP contribution is 2.41. The largest absolute Gasteiger partial charge is 0.417 e. The second kappa shape index (κ2) is 6.66. The van der Waals surface area contributed by atoms with Crippen LogP contribution in [0.3, 0.4) is 0 Å². The Hall–Kier alpha value is -3.37. The number of halogens is 6. The molecule has 146 valence electrons. The lowest BCUT2D eigenvalue weighted by molar-refractivity contribution is -0.142. The molecule has 28 heavy (non-hydrogen) atoms. The molecular weight excluding hydrogens is 390 g/mol. The summed E-state index contributed by atoms with van der Waals surface area (Å²) < 4.78 is 78.6. The van der Waals surface area contributed by atoms with Gasteiger partial charge in [-0.2, -0.15) is 31.4 Å². The molecule has 0 radical (unpaired) electrons. The number of nitrogens with one attached hydrogen (secondary N) is 1. The van der Waals surface area contributed by atoms with Crippen LogP contribution in [0.5, 0.6) is 0 Å². The number of nitrogens with zero attached hydrogens (tertiary/aromatic N) is 2. The summed E-state index contributed by atoms with van der Waals surface area (Å²) in [4.78, 5) is 14.9. The maximum Gasteiger partial charge on any atom is 0.417 e. The molecule has 2 aromatic carbocycles. The number of aromatic nitrogens is 3. The van der Waals surface area contributed by atoms with Crippen LogP contribution < -0.4 is 5.73 Å². The van der Waals surface area contributed by atoms with Gasteiger partial charge in [0, 0.05) is 5.56 Å². The molecule has 0 saturated heterocycles. The molecule has 0 unspecified atom stereocenters. The molecule has 3 N–H and O–H groups in total. The van der Waals surface area contributed by atoms with Crippen LogP contribution in [-0.2, 0) is 12.4 Å². The summed E-state index contributed by atoms with van der Waals surface area (Å²) in [5.41, 5.74) is 2.04. The van der Waals surface area contributed by atoms with Gasteiger partial charge in [0.25, 0.3) is 5.91 Å². The Kier molecular flexibility index (Phi) is 4.61. The quantitative estimate of drug-likeness (QED) is 0.644. The van der Waals surface area contributed by atoms with E-state index in [2.05, 4.69) is 15.2 Å². The minimum Gasteiger partial charge on any atom is -0.363 e. The number of benzene rings is 2. The van der Waals surface area contributed by atoms with Gasteiger partial charge in [-0.05, 0) is 29.3 Å². The van der Waals surface area contributed by atoms with E-state index in [-0.39, 0.29) is 28.8 Å². The lowest BCUT2D eigenvalue weighted by Gasteiger charge is -2.16. The first kappa shape index (κ1) is 19.4. The minimum atomic E-state index is -5.00. The van der Waals surface area contributed by atoms with E-state index in [4.69, 9.17) is 5.73 Å². The molecule has 3 aromatic rings. The van der Waals surface area contributed by atoms with Crippen LogP contribution in [0.2, 0.25) is 0 Å². The number of aromatic amines is 1. The summed E-state index contributed by atoms with van der Waals surface area (Å²) >= 11 is 0. The number of hydrogen-bond donors (Lipinski definition) is 2. The van der Waals surface area contributed by atoms with Crippen molar-refractivity contribution >= 4 is 5.91 Å². The number of alkyl halides is 6. The van der Waals surface area contributed by atoms with Crippen molar-refractivity contribution in [2.75, 3.05) is 0 Å². The summed E-state index contributed by atoms with van der Waals surface area (Å²) in [5, 5.41) is 6.03. The zero-order valence-corrected chi connectivity index (χ0v) is 13.7. The Labute approximate surface area is 153 Å². The number of rotatable bonds is 3. The Morgan fingerprint density at radius 2 is 1.61 bits per heavy atom. The minimum absolute atomic E-state index is 0.00359. The lowest BCUT2D eigenvalue weighted by atomic mass is 9.95. The number of hydrogen-bond acceptors (Lipinski definition) is 3. The first-order valence-electron chi connectivity index (χ1n) is 7.58. The van der Waals surface area contributed by atoms with E-state index >= 15 is 0 Å². The topological polar surface area (TPSA) is 84.7 Å². The molecule has 0 saturated carbocycles. The predicted molar refractivity (Wildman–Crippen MR) is 85.8 cm³/mol. The summed E-state index contributed by atoms with van der Waals surface area (Å²) in [5.74, 6) is -1.13. The fourth-order valence-corrected chi connectivity index (χ4v) is 2.53. The van der Waals surface area contributed by atoms with E-state index in [0.717, 1.165) is 6.07 Å². The number of carbonyl (C=O) groups excluding carboxylic acids is 1. The molecule has 0 fully saturated rings. The molecule has 3 rings (SSSR count). The molecule has 11 heteroatoms. The normalized spacial score (nSPS) is 12.2. The van der Waals surface area contributed by atoms with Gasteiger partial charge in [-0.1, -0.05) is 24.3 Å². The Bertz CT molecular complexity index is 1040. The van der Waals surface area contributed by atoms with Gasteiger partial charge in [-0.25, -0.2) is 4.98 Å². The van der Waals surface area contributed by atoms with E-state index in [1.165, 1.54) is 24.3 Å². The van der Waals surface area contributed by atoms with Crippen LogP contribution in [-0.4, -0.2) is 21.1 Å². The van der Waals surface area contributed by atoms with E-state index < -0.39 is 35.0 Å². The first-order valence-corrected chi connectivity index (χ1v) is 7.58. The molecule has 0 aliphatic heterocycles. The summed E-state index contributed by atoms with van der Waals surface area (Å²) in [7, 11) is 0. The average molecular weight is 400 g/mol. The number of nitrogens with two attached hydrogens (primary N) is 1. The SMILES string of the molecule is NC(=O)c1nc(-c2cccc(-c3ccc(C(F)(F)F)cc3C(F)(F)F)c2)n[nH]1. The Balaban J connectivity index is 2.12. The van der Waals surface area contributed by atoms with E-state index in [1.54, 1.807) is 0 Å². The van der Waals surface area contributed by atoms with Crippen molar-refractivity contribution in [2.45, 2.75) is 12.4 Å². The molecule has 0 aliphatic rings. The highest BCUT2D eigenvalue weighted by molar-refractivity contribution is 5.89. The van der Waals surface area contributed by atoms with Crippen molar-refractivity contribution in [3.63, 3.8) is 0 Å². The Morgan fingerprint density at radius 3 is 2.18 bits per heavy atom. The van der Waals surface area contributed by atoms with Crippen LogP contribution in [0.1, 0.15) is 21.7 Å². The zero-order valence-electron chi connectivity index (χ0n) is 13.7. The summed E-state index contributed by atoms with van der Waals surface area (Å²) in [6, 6.07) is 6.85. The second-order valence-electron chi connectivity index (χ2n) is 5.71. The van der Waals surface area contributed by atoms with Crippen LogP contribution in [0.4, 0.5) is 26.3 Å². The molecular formula is C17H10F6N4O. The molecule has 0 aliphatic carbocycles. The van der Waals surface area contributed by atoms with Crippen molar-refractivity contribution in [3.8, 4) is 22.5 Å². The van der Waals surface area contributed by atoms with Gasteiger partial charge in [0.2, 0.25) is 5.82 Å². The van der Waals surface area contributed by atoms with E-state index in [0.29, 0.717) is 6.07 Å². The van der Waals surface area contributed by atoms with Gasteiger partial charge >= 0.3 is 12.4 Å². The second-order valence-corrected chi connectivity index (χ2v) is 5.71. The van der Waals surface area contributed by atoms with Gasteiger partial charge in [-0.3, -0.25) is 9.89 Å². The highest BCUT2D eigenvalue weighted by Gasteiger charge is 2.38. The fourth-order valence-electron chi connectivity index (χ4n) is 2.53. The third-order valence-electron chi connectivity index (χ3n) is 3.80. The maximum atomic E-state index is 13.4. The number of amides is 1. The first-order chi connectivity index (χ1) is 13.0. The van der Waals surface area contributed by atoms with Crippen LogP contribution in [0.25, 0.3) is 22.5 Å². The number of H-pyrrole nitrogens is 1. The third-order valence-corrected chi connectivity index (χ3v) is 3.80. The predicted octanol–water partition coefficient (Wildman–Crippen LogP) is 4.28. The number of primary amides is 1. The van der Waals surface area contributed by atoms with Crippen molar-refractivity contribution in [1.29, 1.82) is 0 Å². The van der Waals surface area contributed by atoms with Gasteiger partial charge in [0.15, 0.2) is 5.82 Å². The van der Waals surface area contributed by atoms with E-state index in [9.17, 15) is 31.1 Å². The molecule has 0 bridgehead atoms. The smallest absolute Gasteiger partial charge is 0.363 e. The highest BCUT2D eigenvalue weighted by atomic mass is 19.4. The van der Waals surface area contributed by atoms with Crippen LogP contribution in [0.15, 0.2) is 42.5 Å². The van der Waals surface area contributed by atoms with Crippen LogP contribution in [0, 0.1) is 0 Å². The molecule has 0 spiro atoms. The molecule has 0 atom stereocenters. The van der Waals surface area contributed by atoms with Gasteiger partial charge in [0.1, 0.15) is 0 Å². The van der Waals surface area contributed by atoms with E-state index in [1.807, 2.05) is 0 Å². The van der Waals surface area contributed by atoms with Gasteiger partial charge < -0.3 is 5.73 Å².